The first-order chi connectivity index (χ1) is 9.65. The van der Waals surface area contributed by atoms with E-state index in [9.17, 15) is 0 Å². The molecule has 1 aromatic rings. The molecule has 0 amide bonds. The minimum absolute atomic E-state index is 0.234. The lowest BCUT2D eigenvalue weighted by atomic mass is 9.95. The van der Waals surface area contributed by atoms with Crippen molar-refractivity contribution in [1.82, 2.24) is 4.90 Å². The summed E-state index contributed by atoms with van der Waals surface area (Å²) in [6, 6.07) is 9.58. The van der Waals surface area contributed by atoms with Crippen molar-refractivity contribution in [2.45, 2.75) is 58.5 Å². The molecular weight excluding hydrogens is 244 g/mol. The van der Waals surface area contributed by atoms with Crippen LogP contribution in [0.25, 0.3) is 0 Å². The van der Waals surface area contributed by atoms with Crippen molar-refractivity contribution in [3.05, 3.63) is 35.4 Å². The lowest BCUT2D eigenvalue weighted by Crippen LogP contribution is -2.39. The third kappa shape index (κ3) is 3.62. The summed E-state index contributed by atoms with van der Waals surface area (Å²) in [6.07, 6.45) is 5.03. The Morgan fingerprint density at radius 2 is 1.95 bits per heavy atom. The van der Waals surface area contributed by atoms with Gasteiger partial charge in [0.2, 0.25) is 0 Å². The maximum Gasteiger partial charge on any atom is 0.0499 e. The van der Waals surface area contributed by atoms with Gasteiger partial charge in [0.25, 0.3) is 0 Å². The van der Waals surface area contributed by atoms with Gasteiger partial charge in [-0.05, 0) is 44.2 Å². The summed E-state index contributed by atoms with van der Waals surface area (Å²) < 4.78 is 0. The van der Waals surface area contributed by atoms with Gasteiger partial charge in [0.15, 0.2) is 0 Å². The summed E-state index contributed by atoms with van der Waals surface area (Å²) in [5, 5.41) is 0. The number of hydrogen-bond donors (Lipinski definition) is 1. The van der Waals surface area contributed by atoms with Gasteiger partial charge >= 0.3 is 0 Å². The smallest absolute Gasteiger partial charge is 0.0499 e. The third-order valence-electron chi connectivity index (χ3n) is 4.70. The van der Waals surface area contributed by atoms with Gasteiger partial charge in [-0.25, -0.2) is 0 Å². The predicted octanol–water partition coefficient (Wildman–Crippen LogP) is 3.90. The van der Waals surface area contributed by atoms with Crippen LogP contribution in [-0.4, -0.2) is 24.0 Å². The summed E-state index contributed by atoms with van der Waals surface area (Å²) in [7, 11) is 0. The number of hydrogen-bond acceptors (Lipinski definition) is 2. The molecule has 112 valence electrons. The zero-order valence-corrected chi connectivity index (χ0v) is 13.3. The zero-order valence-electron chi connectivity index (χ0n) is 13.3. The summed E-state index contributed by atoms with van der Waals surface area (Å²) in [5.74, 6) is 0.872. The maximum atomic E-state index is 6.44. The van der Waals surface area contributed by atoms with Gasteiger partial charge in [-0.1, -0.05) is 50.1 Å². The molecule has 0 aliphatic carbocycles. The summed E-state index contributed by atoms with van der Waals surface area (Å²) >= 11 is 0. The van der Waals surface area contributed by atoms with Crippen molar-refractivity contribution in [3.8, 4) is 0 Å². The second kappa shape index (κ2) is 7.24. The van der Waals surface area contributed by atoms with E-state index in [1.807, 2.05) is 0 Å². The van der Waals surface area contributed by atoms with Crippen molar-refractivity contribution in [3.63, 3.8) is 0 Å². The van der Waals surface area contributed by atoms with Crippen LogP contribution in [0.4, 0.5) is 0 Å². The molecule has 3 atom stereocenters. The average Bonchev–Trinajstić information content (AvgIpc) is 2.90. The van der Waals surface area contributed by atoms with Gasteiger partial charge in [0, 0.05) is 18.6 Å². The first-order valence-corrected chi connectivity index (χ1v) is 8.21. The zero-order chi connectivity index (χ0) is 14.5. The normalized spacial score (nSPS) is 22.9. The predicted molar refractivity (Wildman–Crippen MR) is 86.8 cm³/mol. The lowest BCUT2D eigenvalue weighted by Gasteiger charge is -2.33. The molecule has 1 fully saturated rings. The molecule has 0 aromatic heterocycles. The van der Waals surface area contributed by atoms with Crippen LogP contribution in [0, 0.1) is 12.8 Å². The molecule has 20 heavy (non-hydrogen) atoms. The van der Waals surface area contributed by atoms with E-state index in [1.165, 1.54) is 43.5 Å². The first-order valence-electron chi connectivity index (χ1n) is 8.21. The molecule has 3 unspecified atom stereocenters. The highest BCUT2D eigenvalue weighted by Gasteiger charge is 2.31. The molecule has 0 bridgehead atoms. The van der Waals surface area contributed by atoms with Gasteiger partial charge in [-0.15, -0.1) is 0 Å². The van der Waals surface area contributed by atoms with Gasteiger partial charge in [-0.2, -0.15) is 0 Å². The van der Waals surface area contributed by atoms with E-state index in [4.69, 9.17) is 5.73 Å². The molecule has 0 saturated carbocycles. The third-order valence-corrected chi connectivity index (χ3v) is 4.70. The van der Waals surface area contributed by atoms with Crippen molar-refractivity contribution >= 4 is 0 Å². The molecule has 2 N–H and O–H groups in total. The highest BCUT2D eigenvalue weighted by atomic mass is 15.2. The van der Waals surface area contributed by atoms with Crippen LogP contribution < -0.4 is 5.73 Å². The van der Waals surface area contributed by atoms with Crippen LogP contribution in [0.3, 0.4) is 0 Å². The van der Waals surface area contributed by atoms with Crippen molar-refractivity contribution < 1.29 is 0 Å². The number of likely N-dealkylation sites (tertiary alicyclic amines) is 1. The quantitative estimate of drug-likeness (QED) is 0.852. The number of benzene rings is 1. The fourth-order valence-corrected chi connectivity index (χ4v) is 3.47. The van der Waals surface area contributed by atoms with E-state index in [2.05, 4.69) is 49.9 Å². The Morgan fingerprint density at radius 1 is 1.25 bits per heavy atom. The topological polar surface area (TPSA) is 29.3 Å². The fourth-order valence-electron chi connectivity index (χ4n) is 3.47. The second-order valence-electron chi connectivity index (χ2n) is 6.37. The summed E-state index contributed by atoms with van der Waals surface area (Å²) in [4.78, 5) is 2.62. The van der Waals surface area contributed by atoms with Crippen molar-refractivity contribution in [1.29, 1.82) is 0 Å². The Hall–Kier alpha value is -0.860. The molecule has 1 heterocycles. The van der Waals surface area contributed by atoms with E-state index >= 15 is 0 Å². The summed E-state index contributed by atoms with van der Waals surface area (Å²) in [6.45, 7) is 9.06. The molecule has 2 heteroatoms. The number of rotatable bonds is 6. The van der Waals surface area contributed by atoms with Crippen LogP contribution in [0.1, 0.15) is 56.7 Å². The Kier molecular flexibility index (Phi) is 5.62. The Labute approximate surface area is 124 Å². The van der Waals surface area contributed by atoms with E-state index < -0.39 is 0 Å². The van der Waals surface area contributed by atoms with Crippen LogP contribution >= 0.6 is 0 Å². The summed E-state index contributed by atoms with van der Waals surface area (Å²) in [5.41, 5.74) is 9.16. The van der Waals surface area contributed by atoms with Crippen LogP contribution in [-0.2, 0) is 0 Å². The molecule has 2 nitrogen and oxygen atoms in total. The second-order valence-corrected chi connectivity index (χ2v) is 6.37. The molecular formula is C18H30N2. The van der Waals surface area contributed by atoms with Gasteiger partial charge < -0.3 is 5.73 Å². The Bertz CT molecular complexity index is 398. The van der Waals surface area contributed by atoms with Gasteiger partial charge in [0.05, 0.1) is 0 Å². The molecule has 0 spiro atoms. The van der Waals surface area contributed by atoms with Crippen LogP contribution in [0.2, 0.25) is 0 Å². The standard InChI is InChI=1S/C18H30N2/c1-4-6-15-11-12-20(13-15)18(17(19)5-2)16-9-7-14(3)8-10-16/h7-10,15,17-18H,4-6,11-13,19H2,1-3H3. The number of nitrogens with two attached hydrogens (primary N) is 1. The Morgan fingerprint density at radius 3 is 2.55 bits per heavy atom. The SMILES string of the molecule is CCCC1CCN(C(c2ccc(C)cc2)C(N)CC)C1. The highest BCUT2D eigenvalue weighted by Crippen LogP contribution is 2.32. The number of aryl methyl sites for hydroxylation is 1. The molecule has 1 aliphatic rings. The monoisotopic (exact) mass is 274 g/mol. The molecule has 0 radical (unpaired) electrons. The fraction of sp³-hybridized carbons (Fsp3) is 0.667. The van der Waals surface area contributed by atoms with Crippen molar-refractivity contribution in [2.75, 3.05) is 13.1 Å². The van der Waals surface area contributed by atoms with E-state index in [0.717, 1.165) is 12.3 Å². The van der Waals surface area contributed by atoms with Crippen molar-refractivity contribution in [2.24, 2.45) is 11.7 Å². The van der Waals surface area contributed by atoms with Crippen LogP contribution in [0.5, 0.6) is 0 Å². The van der Waals surface area contributed by atoms with Gasteiger partial charge in [0.1, 0.15) is 0 Å². The minimum atomic E-state index is 0.234. The minimum Gasteiger partial charge on any atom is -0.326 e. The first kappa shape index (κ1) is 15.5. The molecule has 1 aliphatic heterocycles. The van der Waals surface area contributed by atoms with E-state index in [1.54, 1.807) is 0 Å². The van der Waals surface area contributed by atoms with E-state index in [-0.39, 0.29) is 6.04 Å². The van der Waals surface area contributed by atoms with Crippen LogP contribution in [0.15, 0.2) is 24.3 Å². The molecule has 2 rings (SSSR count). The number of nitrogens with zero attached hydrogens (tertiary/aromatic N) is 1. The van der Waals surface area contributed by atoms with E-state index in [0.29, 0.717) is 6.04 Å². The molecule has 1 saturated heterocycles. The average molecular weight is 274 g/mol. The maximum absolute atomic E-state index is 6.44. The highest BCUT2D eigenvalue weighted by molar-refractivity contribution is 5.25. The van der Waals surface area contributed by atoms with Gasteiger partial charge in [-0.3, -0.25) is 4.90 Å². The largest absolute Gasteiger partial charge is 0.326 e. The lowest BCUT2D eigenvalue weighted by molar-refractivity contribution is 0.201. The Balaban J connectivity index is 2.14. The molecule has 1 aromatic carbocycles.